The maximum Gasteiger partial charge on any atom is 0.0465 e. The van der Waals surface area contributed by atoms with Crippen LogP contribution in [0.5, 0.6) is 0 Å². The zero-order valence-corrected chi connectivity index (χ0v) is 9.41. The molecule has 1 fully saturated rings. The Balaban J connectivity index is 1.87. The van der Waals surface area contributed by atoms with Crippen molar-refractivity contribution >= 4 is 23.2 Å². The number of benzene rings is 1. The molecule has 0 atom stereocenters. The number of halogens is 2. The van der Waals surface area contributed by atoms with E-state index in [0.29, 0.717) is 5.02 Å². The van der Waals surface area contributed by atoms with Gasteiger partial charge < -0.3 is 5.32 Å². The fraction of sp³-hybridized carbons (Fsp3) is 0.455. The lowest BCUT2D eigenvalue weighted by molar-refractivity contribution is 0.639. The number of hydrogen-bond acceptors (Lipinski definition) is 1. The summed E-state index contributed by atoms with van der Waals surface area (Å²) in [5.41, 5.74) is 1.12. The second kappa shape index (κ2) is 4.52. The summed E-state index contributed by atoms with van der Waals surface area (Å²) in [4.78, 5) is 0. The summed E-state index contributed by atoms with van der Waals surface area (Å²) in [7, 11) is 0. The van der Waals surface area contributed by atoms with E-state index in [1.165, 1.54) is 12.8 Å². The molecule has 1 saturated carbocycles. The first-order chi connectivity index (χ1) is 6.75. The molecular weight excluding hydrogens is 217 g/mol. The van der Waals surface area contributed by atoms with Gasteiger partial charge in [-0.1, -0.05) is 29.3 Å². The van der Waals surface area contributed by atoms with Gasteiger partial charge in [0, 0.05) is 16.6 Å². The predicted molar refractivity (Wildman–Crippen MR) is 60.9 cm³/mol. The van der Waals surface area contributed by atoms with Gasteiger partial charge in [-0.25, -0.2) is 0 Å². The van der Waals surface area contributed by atoms with E-state index in [9.17, 15) is 0 Å². The summed E-state index contributed by atoms with van der Waals surface area (Å²) in [6.07, 6.45) is 2.75. The molecule has 0 spiro atoms. The van der Waals surface area contributed by atoms with Gasteiger partial charge in [0.05, 0.1) is 0 Å². The first kappa shape index (κ1) is 10.3. The molecule has 1 nitrogen and oxygen atoms in total. The fourth-order valence-electron chi connectivity index (χ4n) is 1.40. The highest BCUT2D eigenvalue weighted by Crippen LogP contribution is 2.28. The van der Waals surface area contributed by atoms with E-state index in [1.54, 1.807) is 6.07 Å². The Hall–Kier alpha value is -0.240. The predicted octanol–water partition coefficient (Wildman–Crippen LogP) is 3.49. The largest absolute Gasteiger partial charge is 0.312 e. The molecule has 1 aliphatic rings. The Labute approximate surface area is 94.4 Å². The molecule has 1 aromatic rings. The molecule has 2 rings (SSSR count). The smallest absolute Gasteiger partial charge is 0.0465 e. The Morgan fingerprint density at radius 3 is 2.71 bits per heavy atom. The molecule has 0 aromatic heterocycles. The molecule has 0 saturated heterocycles. The normalized spacial score (nSPS) is 15.9. The molecule has 1 aliphatic carbocycles. The third kappa shape index (κ3) is 2.88. The van der Waals surface area contributed by atoms with Crippen molar-refractivity contribution in [2.24, 2.45) is 5.92 Å². The van der Waals surface area contributed by atoms with Crippen molar-refractivity contribution < 1.29 is 0 Å². The van der Waals surface area contributed by atoms with Crippen LogP contribution in [0.4, 0.5) is 0 Å². The standard InChI is InChI=1S/C11H13Cl2N/c12-10-4-3-9(11(13)5-10)7-14-6-8-1-2-8/h3-5,8,14H,1-2,6-7H2. The van der Waals surface area contributed by atoms with E-state index in [4.69, 9.17) is 23.2 Å². The first-order valence-corrected chi connectivity index (χ1v) is 5.66. The second-order valence-electron chi connectivity index (χ2n) is 3.81. The fourth-order valence-corrected chi connectivity index (χ4v) is 1.87. The minimum absolute atomic E-state index is 0.695. The third-order valence-corrected chi connectivity index (χ3v) is 3.05. The Bertz CT molecular complexity index is 321. The highest BCUT2D eigenvalue weighted by molar-refractivity contribution is 6.35. The van der Waals surface area contributed by atoms with E-state index in [-0.39, 0.29) is 0 Å². The van der Waals surface area contributed by atoms with Gasteiger partial charge in [0.25, 0.3) is 0 Å². The minimum Gasteiger partial charge on any atom is -0.312 e. The van der Waals surface area contributed by atoms with Crippen molar-refractivity contribution in [1.29, 1.82) is 0 Å². The van der Waals surface area contributed by atoms with Crippen LogP contribution in [-0.2, 0) is 6.54 Å². The Morgan fingerprint density at radius 1 is 1.29 bits per heavy atom. The Morgan fingerprint density at radius 2 is 2.07 bits per heavy atom. The summed E-state index contributed by atoms with van der Waals surface area (Å²) in [5.74, 6) is 0.904. The molecule has 14 heavy (non-hydrogen) atoms. The van der Waals surface area contributed by atoms with Gasteiger partial charge in [-0.2, -0.15) is 0 Å². The lowest BCUT2D eigenvalue weighted by Gasteiger charge is -2.06. The summed E-state index contributed by atoms with van der Waals surface area (Å²) in [5, 5.41) is 4.84. The summed E-state index contributed by atoms with van der Waals surface area (Å²) in [6, 6.07) is 5.64. The molecule has 0 aliphatic heterocycles. The number of nitrogens with one attached hydrogen (secondary N) is 1. The van der Waals surface area contributed by atoms with Crippen molar-refractivity contribution in [2.45, 2.75) is 19.4 Å². The molecule has 0 heterocycles. The van der Waals surface area contributed by atoms with E-state index >= 15 is 0 Å². The minimum atomic E-state index is 0.695. The van der Waals surface area contributed by atoms with E-state index < -0.39 is 0 Å². The molecule has 1 aromatic carbocycles. The second-order valence-corrected chi connectivity index (χ2v) is 4.65. The van der Waals surface area contributed by atoms with Gasteiger partial charge >= 0.3 is 0 Å². The Kier molecular flexibility index (Phi) is 3.32. The summed E-state index contributed by atoms with van der Waals surface area (Å²) < 4.78 is 0. The van der Waals surface area contributed by atoms with Gasteiger partial charge in [0.15, 0.2) is 0 Å². The van der Waals surface area contributed by atoms with Gasteiger partial charge in [-0.05, 0) is 43.0 Å². The SMILES string of the molecule is Clc1ccc(CNCC2CC2)c(Cl)c1. The summed E-state index contributed by atoms with van der Waals surface area (Å²) in [6.45, 7) is 1.95. The van der Waals surface area contributed by atoms with Crippen LogP contribution in [-0.4, -0.2) is 6.54 Å². The van der Waals surface area contributed by atoms with Gasteiger partial charge in [-0.15, -0.1) is 0 Å². The van der Waals surface area contributed by atoms with Crippen LogP contribution in [0.3, 0.4) is 0 Å². The van der Waals surface area contributed by atoms with Crippen molar-refractivity contribution in [3.05, 3.63) is 33.8 Å². The van der Waals surface area contributed by atoms with E-state index in [0.717, 1.165) is 29.6 Å². The van der Waals surface area contributed by atoms with Crippen LogP contribution in [0, 0.1) is 5.92 Å². The van der Waals surface area contributed by atoms with Crippen molar-refractivity contribution in [3.8, 4) is 0 Å². The average molecular weight is 230 g/mol. The molecule has 0 radical (unpaired) electrons. The van der Waals surface area contributed by atoms with Crippen molar-refractivity contribution in [3.63, 3.8) is 0 Å². The molecule has 76 valence electrons. The summed E-state index contributed by atoms with van der Waals surface area (Å²) >= 11 is 11.8. The first-order valence-electron chi connectivity index (χ1n) is 4.90. The highest BCUT2D eigenvalue weighted by atomic mass is 35.5. The molecule has 1 N–H and O–H groups in total. The van der Waals surface area contributed by atoms with E-state index in [2.05, 4.69) is 5.32 Å². The van der Waals surface area contributed by atoms with Gasteiger partial charge in [0.1, 0.15) is 0 Å². The van der Waals surface area contributed by atoms with E-state index in [1.807, 2.05) is 12.1 Å². The molecule has 0 amide bonds. The molecule has 0 unspecified atom stereocenters. The monoisotopic (exact) mass is 229 g/mol. The zero-order valence-electron chi connectivity index (χ0n) is 7.89. The van der Waals surface area contributed by atoms with Crippen LogP contribution in [0.25, 0.3) is 0 Å². The number of hydrogen-bond donors (Lipinski definition) is 1. The molecular formula is C11H13Cl2N. The van der Waals surface area contributed by atoms with Crippen LogP contribution in [0.2, 0.25) is 10.0 Å². The lowest BCUT2D eigenvalue weighted by Crippen LogP contribution is -2.16. The quantitative estimate of drug-likeness (QED) is 0.834. The lowest BCUT2D eigenvalue weighted by atomic mass is 10.2. The molecule has 3 heteroatoms. The molecule has 0 bridgehead atoms. The highest BCUT2D eigenvalue weighted by Gasteiger charge is 2.20. The van der Waals surface area contributed by atoms with Crippen molar-refractivity contribution in [2.75, 3.05) is 6.54 Å². The number of rotatable bonds is 4. The van der Waals surface area contributed by atoms with Crippen LogP contribution in [0.15, 0.2) is 18.2 Å². The third-order valence-electron chi connectivity index (χ3n) is 2.46. The van der Waals surface area contributed by atoms with Crippen LogP contribution < -0.4 is 5.32 Å². The maximum atomic E-state index is 6.04. The van der Waals surface area contributed by atoms with Gasteiger partial charge in [0.2, 0.25) is 0 Å². The zero-order chi connectivity index (χ0) is 9.97. The van der Waals surface area contributed by atoms with Gasteiger partial charge in [-0.3, -0.25) is 0 Å². The maximum absolute atomic E-state index is 6.04. The van der Waals surface area contributed by atoms with Crippen LogP contribution in [0.1, 0.15) is 18.4 Å². The average Bonchev–Trinajstić information content (AvgIpc) is 2.92. The van der Waals surface area contributed by atoms with Crippen LogP contribution >= 0.6 is 23.2 Å². The topological polar surface area (TPSA) is 12.0 Å². The van der Waals surface area contributed by atoms with Crippen molar-refractivity contribution in [1.82, 2.24) is 5.32 Å².